The Bertz CT molecular complexity index is 263. The number of aliphatic hydroxyl groups excluding tert-OH is 1. The Morgan fingerprint density at radius 1 is 1.55 bits per heavy atom. The highest BCUT2D eigenvalue weighted by Gasteiger charge is 1.93. The lowest BCUT2D eigenvalue weighted by atomic mass is 10.1. The van der Waals surface area contributed by atoms with Crippen molar-refractivity contribution in [3.8, 4) is 0 Å². The van der Waals surface area contributed by atoms with Crippen molar-refractivity contribution < 1.29 is 5.11 Å². The summed E-state index contributed by atoms with van der Waals surface area (Å²) in [7, 11) is 0. The summed E-state index contributed by atoms with van der Waals surface area (Å²) in [6.45, 7) is 5.47. The minimum atomic E-state index is 0.218. The summed E-state index contributed by atoms with van der Waals surface area (Å²) in [6, 6.07) is 8.03. The fourth-order valence-corrected chi connectivity index (χ4v) is 1.06. The Balaban J connectivity index is 2.79. The summed E-state index contributed by atoms with van der Waals surface area (Å²) < 4.78 is 0. The van der Waals surface area contributed by atoms with Gasteiger partial charge in [-0.1, -0.05) is 36.4 Å². The second-order valence-corrected chi connectivity index (χ2v) is 2.73. The molecule has 1 nitrogen and oxygen atoms in total. The first kappa shape index (κ1) is 7.86. The van der Waals surface area contributed by atoms with Crippen LogP contribution in [0.5, 0.6) is 0 Å². The van der Waals surface area contributed by atoms with E-state index in [4.69, 9.17) is 5.11 Å². The molecule has 0 bridgehead atoms. The molecule has 0 saturated heterocycles. The Morgan fingerprint density at radius 2 is 2.27 bits per heavy atom. The highest BCUT2D eigenvalue weighted by Crippen LogP contribution is 2.06. The first-order valence-corrected chi connectivity index (χ1v) is 3.61. The number of benzene rings is 1. The van der Waals surface area contributed by atoms with Gasteiger partial charge in [0.05, 0.1) is 5.76 Å². The Hall–Kier alpha value is -1.24. The number of aliphatic hydroxyl groups is 1. The van der Waals surface area contributed by atoms with Gasteiger partial charge in [-0.2, -0.15) is 0 Å². The monoisotopic (exact) mass is 148 g/mol. The quantitative estimate of drug-likeness (QED) is 0.639. The van der Waals surface area contributed by atoms with Gasteiger partial charge in [-0.05, 0) is 12.5 Å². The van der Waals surface area contributed by atoms with Crippen LogP contribution in [0.25, 0.3) is 0 Å². The van der Waals surface area contributed by atoms with Crippen LogP contribution in [-0.4, -0.2) is 5.11 Å². The maximum atomic E-state index is 8.90. The van der Waals surface area contributed by atoms with Crippen molar-refractivity contribution in [2.45, 2.75) is 13.3 Å². The van der Waals surface area contributed by atoms with Gasteiger partial charge in [0.2, 0.25) is 0 Å². The Kier molecular flexibility index (Phi) is 2.32. The van der Waals surface area contributed by atoms with Gasteiger partial charge in [-0.15, -0.1) is 0 Å². The standard InChI is InChI=1S/C10H12O/c1-8-4-3-5-10(6-8)7-9(2)11/h3-6,11H,2,7H2,1H3. The third-order valence-electron chi connectivity index (χ3n) is 1.49. The van der Waals surface area contributed by atoms with E-state index in [2.05, 4.69) is 6.58 Å². The predicted octanol–water partition coefficient (Wildman–Crippen LogP) is 2.61. The molecule has 1 heteroatoms. The molecule has 0 atom stereocenters. The molecule has 0 fully saturated rings. The number of aryl methyl sites for hydroxylation is 1. The number of rotatable bonds is 2. The van der Waals surface area contributed by atoms with Crippen LogP contribution < -0.4 is 0 Å². The van der Waals surface area contributed by atoms with Crippen LogP contribution >= 0.6 is 0 Å². The van der Waals surface area contributed by atoms with E-state index in [1.165, 1.54) is 5.56 Å². The van der Waals surface area contributed by atoms with Crippen LogP contribution in [-0.2, 0) is 6.42 Å². The molecule has 0 amide bonds. The van der Waals surface area contributed by atoms with Crippen molar-refractivity contribution in [1.82, 2.24) is 0 Å². The van der Waals surface area contributed by atoms with Crippen molar-refractivity contribution in [1.29, 1.82) is 0 Å². The van der Waals surface area contributed by atoms with Crippen molar-refractivity contribution in [2.75, 3.05) is 0 Å². The van der Waals surface area contributed by atoms with Crippen molar-refractivity contribution in [2.24, 2.45) is 0 Å². The predicted molar refractivity (Wildman–Crippen MR) is 46.7 cm³/mol. The average Bonchev–Trinajstić information content (AvgIpc) is 1.85. The Morgan fingerprint density at radius 3 is 2.82 bits per heavy atom. The highest BCUT2D eigenvalue weighted by molar-refractivity contribution is 5.24. The highest BCUT2D eigenvalue weighted by atomic mass is 16.3. The fourth-order valence-electron chi connectivity index (χ4n) is 1.06. The van der Waals surface area contributed by atoms with Crippen molar-refractivity contribution >= 4 is 0 Å². The number of hydrogen-bond acceptors (Lipinski definition) is 1. The normalized spacial score (nSPS) is 9.55. The van der Waals surface area contributed by atoms with Crippen LogP contribution in [0.15, 0.2) is 36.6 Å². The van der Waals surface area contributed by atoms with Crippen LogP contribution in [0, 0.1) is 6.92 Å². The van der Waals surface area contributed by atoms with E-state index in [1.807, 2.05) is 31.2 Å². The van der Waals surface area contributed by atoms with E-state index in [9.17, 15) is 0 Å². The van der Waals surface area contributed by atoms with Gasteiger partial charge in [0.15, 0.2) is 0 Å². The van der Waals surface area contributed by atoms with Gasteiger partial charge in [0.1, 0.15) is 0 Å². The van der Waals surface area contributed by atoms with Gasteiger partial charge in [0, 0.05) is 6.42 Å². The molecular weight excluding hydrogens is 136 g/mol. The van der Waals surface area contributed by atoms with E-state index in [-0.39, 0.29) is 5.76 Å². The molecule has 0 unspecified atom stereocenters. The van der Waals surface area contributed by atoms with Crippen LogP contribution in [0.1, 0.15) is 11.1 Å². The average molecular weight is 148 g/mol. The maximum absolute atomic E-state index is 8.90. The summed E-state index contributed by atoms with van der Waals surface area (Å²) in [5, 5.41) is 8.90. The van der Waals surface area contributed by atoms with Gasteiger partial charge >= 0.3 is 0 Å². The second kappa shape index (κ2) is 3.24. The number of allylic oxidation sites excluding steroid dienone is 1. The van der Waals surface area contributed by atoms with Gasteiger partial charge in [-0.25, -0.2) is 0 Å². The second-order valence-electron chi connectivity index (χ2n) is 2.73. The molecule has 1 rings (SSSR count). The third kappa shape index (κ3) is 2.46. The molecule has 0 saturated carbocycles. The largest absolute Gasteiger partial charge is 0.513 e. The SMILES string of the molecule is C=C(O)Cc1cccc(C)c1. The number of hydrogen-bond donors (Lipinski definition) is 1. The molecule has 0 heterocycles. The molecule has 0 radical (unpaired) electrons. The van der Waals surface area contributed by atoms with Gasteiger partial charge in [0.25, 0.3) is 0 Å². The zero-order chi connectivity index (χ0) is 8.27. The summed E-state index contributed by atoms with van der Waals surface area (Å²) in [4.78, 5) is 0. The molecule has 1 aromatic rings. The molecule has 1 aromatic carbocycles. The minimum Gasteiger partial charge on any atom is -0.513 e. The lowest BCUT2D eigenvalue weighted by Crippen LogP contribution is -1.87. The van der Waals surface area contributed by atoms with E-state index in [0.29, 0.717) is 6.42 Å². The summed E-state index contributed by atoms with van der Waals surface area (Å²) >= 11 is 0. The summed E-state index contributed by atoms with van der Waals surface area (Å²) in [5.41, 5.74) is 2.32. The molecule has 0 aliphatic rings. The molecule has 58 valence electrons. The van der Waals surface area contributed by atoms with Gasteiger partial charge < -0.3 is 5.11 Å². The lowest BCUT2D eigenvalue weighted by Gasteiger charge is -1.99. The molecule has 11 heavy (non-hydrogen) atoms. The lowest BCUT2D eigenvalue weighted by molar-refractivity contribution is 0.401. The Labute approximate surface area is 67.0 Å². The molecule has 0 spiro atoms. The molecular formula is C10H12O. The van der Waals surface area contributed by atoms with E-state index in [1.54, 1.807) is 0 Å². The zero-order valence-corrected chi connectivity index (χ0v) is 6.67. The topological polar surface area (TPSA) is 20.2 Å². The van der Waals surface area contributed by atoms with Crippen molar-refractivity contribution in [3.63, 3.8) is 0 Å². The maximum Gasteiger partial charge on any atom is 0.0894 e. The smallest absolute Gasteiger partial charge is 0.0894 e. The van der Waals surface area contributed by atoms with Crippen molar-refractivity contribution in [3.05, 3.63) is 47.7 Å². The summed E-state index contributed by atoms with van der Waals surface area (Å²) in [6.07, 6.45) is 0.557. The zero-order valence-electron chi connectivity index (χ0n) is 6.67. The molecule has 0 aliphatic heterocycles. The molecule has 0 aliphatic carbocycles. The minimum absolute atomic E-state index is 0.218. The van der Waals surface area contributed by atoms with Crippen LogP contribution in [0.2, 0.25) is 0 Å². The summed E-state index contributed by atoms with van der Waals surface area (Å²) in [5.74, 6) is 0.218. The van der Waals surface area contributed by atoms with E-state index in [0.717, 1.165) is 5.56 Å². The first-order chi connectivity index (χ1) is 5.18. The fraction of sp³-hybridized carbons (Fsp3) is 0.200. The molecule has 1 N–H and O–H groups in total. The van der Waals surface area contributed by atoms with E-state index < -0.39 is 0 Å². The third-order valence-corrected chi connectivity index (χ3v) is 1.49. The van der Waals surface area contributed by atoms with E-state index >= 15 is 0 Å². The molecule has 0 aromatic heterocycles. The first-order valence-electron chi connectivity index (χ1n) is 3.61. The van der Waals surface area contributed by atoms with Gasteiger partial charge in [-0.3, -0.25) is 0 Å². The van der Waals surface area contributed by atoms with Crippen LogP contribution in [0.4, 0.5) is 0 Å². The van der Waals surface area contributed by atoms with Crippen LogP contribution in [0.3, 0.4) is 0 Å².